The highest BCUT2D eigenvalue weighted by Crippen LogP contribution is 2.20. The van der Waals surface area contributed by atoms with Gasteiger partial charge in [0.05, 0.1) is 12.8 Å². The van der Waals surface area contributed by atoms with Crippen molar-refractivity contribution >= 4 is 5.91 Å². The van der Waals surface area contributed by atoms with Crippen LogP contribution in [0.25, 0.3) is 0 Å². The molecule has 0 bridgehead atoms. The summed E-state index contributed by atoms with van der Waals surface area (Å²) >= 11 is 0. The normalized spacial score (nSPS) is 18.9. The van der Waals surface area contributed by atoms with Crippen LogP contribution in [-0.4, -0.2) is 35.0 Å². The second-order valence-corrected chi connectivity index (χ2v) is 5.29. The van der Waals surface area contributed by atoms with Crippen molar-refractivity contribution < 1.29 is 9.53 Å². The molecule has 1 atom stereocenters. The SMILES string of the molecule is CCC1CCCCN1C(=O)CCCOc1cccnc1. The molecule has 0 N–H and O–H groups in total. The van der Waals surface area contributed by atoms with Gasteiger partial charge in [0.15, 0.2) is 0 Å². The van der Waals surface area contributed by atoms with Crippen molar-refractivity contribution in [3.8, 4) is 5.75 Å². The van der Waals surface area contributed by atoms with E-state index in [2.05, 4.69) is 16.8 Å². The highest BCUT2D eigenvalue weighted by atomic mass is 16.5. The number of nitrogens with zero attached hydrogens (tertiary/aromatic N) is 2. The van der Waals surface area contributed by atoms with E-state index in [4.69, 9.17) is 4.74 Å². The molecule has 1 aliphatic rings. The topological polar surface area (TPSA) is 42.4 Å². The molecule has 2 rings (SSSR count). The predicted octanol–water partition coefficient (Wildman–Crippen LogP) is 3.03. The molecule has 4 nitrogen and oxygen atoms in total. The molecule has 0 saturated carbocycles. The second kappa shape index (κ2) is 7.88. The number of aromatic nitrogens is 1. The van der Waals surface area contributed by atoms with Crippen LogP contribution in [0.2, 0.25) is 0 Å². The quantitative estimate of drug-likeness (QED) is 0.750. The van der Waals surface area contributed by atoms with Crippen LogP contribution in [0.4, 0.5) is 0 Å². The minimum atomic E-state index is 0.284. The molecule has 0 radical (unpaired) electrons. The van der Waals surface area contributed by atoms with Crippen LogP contribution in [0, 0.1) is 0 Å². The van der Waals surface area contributed by atoms with Crippen LogP contribution in [0.3, 0.4) is 0 Å². The van der Waals surface area contributed by atoms with E-state index in [1.54, 1.807) is 12.4 Å². The lowest BCUT2D eigenvalue weighted by Gasteiger charge is -2.35. The molecule has 2 heterocycles. The fourth-order valence-corrected chi connectivity index (χ4v) is 2.74. The summed E-state index contributed by atoms with van der Waals surface area (Å²) in [5, 5.41) is 0. The molecule has 1 amide bonds. The molecule has 0 aliphatic carbocycles. The summed E-state index contributed by atoms with van der Waals surface area (Å²) in [4.78, 5) is 18.3. The molecule has 1 aromatic heterocycles. The maximum Gasteiger partial charge on any atom is 0.222 e. The molecule has 4 heteroatoms. The Hall–Kier alpha value is -1.58. The van der Waals surface area contributed by atoms with Crippen molar-refractivity contribution in [1.82, 2.24) is 9.88 Å². The summed E-state index contributed by atoms with van der Waals surface area (Å²) in [6.45, 7) is 3.67. The van der Waals surface area contributed by atoms with Gasteiger partial charge in [-0.15, -0.1) is 0 Å². The molecule has 0 spiro atoms. The van der Waals surface area contributed by atoms with Gasteiger partial charge in [-0.25, -0.2) is 0 Å². The minimum Gasteiger partial charge on any atom is -0.492 e. The van der Waals surface area contributed by atoms with Crippen molar-refractivity contribution in [2.24, 2.45) is 0 Å². The highest BCUT2D eigenvalue weighted by Gasteiger charge is 2.24. The van der Waals surface area contributed by atoms with Crippen LogP contribution in [0.15, 0.2) is 24.5 Å². The number of piperidine rings is 1. The molecule has 1 fully saturated rings. The van der Waals surface area contributed by atoms with E-state index in [0.29, 0.717) is 19.1 Å². The minimum absolute atomic E-state index is 0.284. The second-order valence-electron chi connectivity index (χ2n) is 5.29. The van der Waals surface area contributed by atoms with E-state index < -0.39 is 0 Å². The molecular weight excluding hydrogens is 252 g/mol. The Labute approximate surface area is 121 Å². The number of carbonyl (C=O) groups is 1. The van der Waals surface area contributed by atoms with Gasteiger partial charge in [-0.1, -0.05) is 6.92 Å². The molecule has 110 valence electrons. The van der Waals surface area contributed by atoms with Crippen LogP contribution in [0.1, 0.15) is 45.4 Å². The van der Waals surface area contributed by atoms with E-state index in [0.717, 1.165) is 38.0 Å². The molecule has 20 heavy (non-hydrogen) atoms. The first-order valence-corrected chi connectivity index (χ1v) is 7.63. The van der Waals surface area contributed by atoms with Gasteiger partial charge >= 0.3 is 0 Å². The Morgan fingerprint density at radius 3 is 3.15 bits per heavy atom. The van der Waals surface area contributed by atoms with Crippen LogP contribution < -0.4 is 4.74 Å². The van der Waals surface area contributed by atoms with Gasteiger partial charge in [0.1, 0.15) is 5.75 Å². The van der Waals surface area contributed by atoms with Crippen molar-refractivity contribution in [1.29, 1.82) is 0 Å². The fourth-order valence-electron chi connectivity index (χ4n) is 2.74. The van der Waals surface area contributed by atoms with Crippen molar-refractivity contribution in [3.05, 3.63) is 24.5 Å². The number of likely N-dealkylation sites (tertiary alicyclic amines) is 1. The molecule has 1 aliphatic heterocycles. The third-order valence-electron chi connectivity index (χ3n) is 3.86. The van der Waals surface area contributed by atoms with E-state index in [1.807, 2.05) is 12.1 Å². The summed E-state index contributed by atoms with van der Waals surface area (Å²) in [6.07, 6.45) is 9.39. The summed E-state index contributed by atoms with van der Waals surface area (Å²) in [5.41, 5.74) is 0. The highest BCUT2D eigenvalue weighted by molar-refractivity contribution is 5.76. The number of ether oxygens (including phenoxy) is 1. The Morgan fingerprint density at radius 2 is 2.40 bits per heavy atom. The maximum absolute atomic E-state index is 12.2. The van der Waals surface area contributed by atoms with Crippen molar-refractivity contribution in [3.63, 3.8) is 0 Å². The smallest absolute Gasteiger partial charge is 0.222 e. The lowest BCUT2D eigenvalue weighted by atomic mass is 9.99. The van der Waals surface area contributed by atoms with Crippen LogP contribution in [-0.2, 0) is 4.79 Å². The number of pyridine rings is 1. The van der Waals surface area contributed by atoms with Crippen LogP contribution in [0.5, 0.6) is 5.75 Å². The summed E-state index contributed by atoms with van der Waals surface area (Å²) in [7, 11) is 0. The molecule has 1 saturated heterocycles. The van der Waals surface area contributed by atoms with E-state index in [-0.39, 0.29) is 5.91 Å². The lowest BCUT2D eigenvalue weighted by Crippen LogP contribution is -2.43. The Balaban J connectivity index is 1.69. The van der Waals surface area contributed by atoms with Crippen LogP contribution >= 0.6 is 0 Å². The van der Waals surface area contributed by atoms with E-state index in [1.165, 1.54) is 6.42 Å². The van der Waals surface area contributed by atoms with Gasteiger partial charge in [-0.2, -0.15) is 0 Å². The Bertz CT molecular complexity index is 408. The number of hydrogen-bond donors (Lipinski definition) is 0. The van der Waals surface area contributed by atoms with Crippen molar-refractivity contribution in [2.45, 2.75) is 51.5 Å². The average molecular weight is 276 g/mol. The molecular formula is C16H24N2O2. The zero-order valence-electron chi connectivity index (χ0n) is 12.3. The fraction of sp³-hybridized carbons (Fsp3) is 0.625. The van der Waals surface area contributed by atoms with Gasteiger partial charge < -0.3 is 9.64 Å². The third-order valence-corrected chi connectivity index (χ3v) is 3.86. The first-order chi connectivity index (χ1) is 9.81. The van der Waals surface area contributed by atoms with Gasteiger partial charge in [0.2, 0.25) is 5.91 Å². The Morgan fingerprint density at radius 1 is 1.50 bits per heavy atom. The van der Waals surface area contributed by atoms with E-state index >= 15 is 0 Å². The van der Waals surface area contributed by atoms with Gasteiger partial charge in [-0.3, -0.25) is 9.78 Å². The molecule has 1 aromatic rings. The third kappa shape index (κ3) is 4.22. The van der Waals surface area contributed by atoms with Gasteiger partial charge in [-0.05, 0) is 44.2 Å². The number of carbonyl (C=O) groups excluding carboxylic acids is 1. The predicted molar refractivity (Wildman–Crippen MR) is 78.6 cm³/mol. The maximum atomic E-state index is 12.2. The standard InChI is InChI=1S/C16H24N2O2/c1-2-14-7-3-4-11-18(14)16(19)9-6-12-20-15-8-5-10-17-13-15/h5,8,10,13-14H,2-4,6-7,9,11-12H2,1H3. The van der Waals surface area contributed by atoms with Crippen molar-refractivity contribution in [2.75, 3.05) is 13.2 Å². The van der Waals surface area contributed by atoms with Gasteiger partial charge in [0, 0.05) is 25.2 Å². The molecule has 0 aromatic carbocycles. The largest absolute Gasteiger partial charge is 0.492 e. The zero-order valence-corrected chi connectivity index (χ0v) is 12.3. The monoisotopic (exact) mass is 276 g/mol. The number of amides is 1. The average Bonchev–Trinajstić information content (AvgIpc) is 2.52. The van der Waals surface area contributed by atoms with E-state index in [9.17, 15) is 4.79 Å². The zero-order chi connectivity index (χ0) is 14.2. The number of rotatable bonds is 6. The first kappa shape index (κ1) is 14.8. The molecule has 1 unspecified atom stereocenters. The lowest BCUT2D eigenvalue weighted by molar-refractivity contribution is -0.135. The first-order valence-electron chi connectivity index (χ1n) is 7.63. The summed E-state index contributed by atoms with van der Waals surface area (Å²) in [6, 6.07) is 4.18. The Kier molecular flexibility index (Phi) is 5.84. The summed E-state index contributed by atoms with van der Waals surface area (Å²) in [5.74, 6) is 1.05. The number of hydrogen-bond acceptors (Lipinski definition) is 3. The van der Waals surface area contributed by atoms with Gasteiger partial charge in [0.25, 0.3) is 0 Å². The summed E-state index contributed by atoms with van der Waals surface area (Å²) < 4.78 is 5.56.